The second kappa shape index (κ2) is 10.7. The minimum absolute atomic E-state index is 0.137. The van der Waals surface area contributed by atoms with Gasteiger partial charge in [0.15, 0.2) is 0 Å². The maximum absolute atomic E-state index is 12.7. The maximum Gasteiger partial charge on any atom is 0.253 e. The number of fused-ring (bicyclic) bond motifs is 1. The molecule has 2 aromatic heterocycles. The third kappa shape index (κ3) is 6.07. The molecule has 6 nitrogen and oxygen atoms in total. The molecular formula is C29H34N4O2. The van der Waals surface area contributed by atoms with Crippen molar-refractivity contribution in [2.24, 2.45) is 0 Å². The predicted octanol–water partition coefficient (Wildman–Crippen LogP) is 6.08. The number of carbonyl (C=O) groups is 1. The van der Waals surface area contributed by atoms with E-state index >= 15 is 0 Å². The summed E-state index contributed by atoms with van der Waals surface area (Å²) in [6, 6.07) is 19.8. The van der Waals surface area contributed by atoms with E-state index in [0.29, 0.717) is 12.2 Å². The number of benzene rings is 2. The van der Waals surface area contributed by atoms with Gasteiger partial charge in [-0.2, -0.15) is 0 Å². The number of carbonyl (C=O) groups excluding carboxylic acids is 1. The Labute approximate surface area is 207 Å². The number of rotatable bonds is 9. The van der Waals surface area contributed by atoms with Crippen LogP contribution in [0.3, 0.4) is 0 Å². The summed E-state index contributed by atoms with van der Waals surface area (Å²) >= 11 is 0. The van der Waals surface area contributed by atoms with Gasteiger partial charge >= 0.3 is 0 Å². The molecule has 0 saturated carbocycles. The number of hydrogen-bond donors (Lipinski definition) is 1. The van der Waals surface area contributed by atoms with E-state index in [-0.39, 0.29) is 17.4 Å². The van der Waals surface area contributed by atoms with Crippen molar-refractivity contribution in [2.45, 2.75) is 58.5 Å². The Hall–Kier alpha value is -3.67. The Morgan fingerprint density at radius 1 is 1.03 bits per heavy atom. The molecule has 1 atom stereocenters. The van der Waals surface area contributed by atoms with Gasteiger partial charge in [-0.25, -0.2) is 4.98 Å². The van der Waals surface area contributed by atoms with E-state index in [9.17, 15) is 4.79 Å². The molecule has 0 aliphatic carbocycles. The van der Waals surface area contributed by atoms with Crippen LogP contribution < -0.4 is 10.1 Å². The van der Waals surface area contributed by atoms with Gasteiger partial charge in [0.1, 0.15) is 11.6 Å². The molecule has 0 bridgehead atoms. The molecule has 0 fully saturated rings. The summed E-state index contributed by atoms with van der Waals surface area (Å²) in [5, 5.41) is 3.06. The number of nitrogens with one attached hydrogen (secondary N) is 1. The molecule has 0 spiro atoms. The zero-order valence-electron chi connectivity index (χ0n) is 21.0. The number of amides is 1. The fraction of sp³-hybridized carbons (Fsp3) is 0.345. The van der Waals surface area contributed by atoms with Crippen molar-refractivity contribution in [3.05, 3.63) is 90.0 Å². The summed E-state index contributed by atoms with van der Waals surface area (Å²) in [6.45, 7) is 10.1. The first kappa shape index (κ1) is 24.5. The molecule has 1 amide bonds. The van der Waals surface area contributed by atoms with Gasteiger partial charge in [0, 0.05) is 18.9 Å². The van der Waals surface area contributed by atoms with Crippen LogP contribution in [0.2, 0.25) is 0 Å². The zero-order chi connectivity index (χ0) is 24.8. The van der Waals surface area contributed by atoms with Crippen LogP contribution in [0.15, 0.2) is 73.1 Å². The summed E-state index contributed by atoms with van der Waals surface area (Å²) in [7, 11) is 0. The normalized spacial score (nSPS) is 12.5. The van der Waals surface area contributed by atoms with Crippen molar-refractivity contribution >= 4 is 16.9 Å². The van der Waals surface area contributed by atoms with Crippen LogP contribution in [0.1, 0.15) is 68.3 Å². The van der Waals surface area contributed by atoms with E-state index in [1.807, 2.05) is 25.1 Å². The highest BCUT2D eigenvalue weighted by Crippen LogP contribution is 2.25. The van der Waals surface area contributed by atoms with Crippen molar-refractivity contribution in [1.29, 1.82) is 0 Å². The first-order valence-corrected chi connectivity index (χ1v) is 12.2. The largest absolute Gasteiger partial charge is 0.494 e. The van der Waals surface area contributed by atoms with Crippen molar-refractivity contribution < 1.29 is 9.53 Å². The number of ether oxygens (including phenoxy) is 1. The summed E-state index contributed by atoms with van der Waals surface area (Å²) in [6.07, 6.45) is 5.09. The smallest absolute Gasteiger partial charge is 0.253 e. The number of aryl methyl sites for hydroxylation is 1. The molecule has 0 saturated heterocycles. The summed E-state index contributed by atoms with van der Waals surface area (Å²) in [4.78, 5) is 21.5. The lowest BCUT2D eigenvalue weighted by Gasteiger charge is -2.19. The third-order valence-corrected chi connectivity index (χ3v) is 6.11. The van der Waals surface area contributed by atoms with Crippen LogP contribution in [0.25, 0.3) is 11.0 Å². The molecular weight excluding hydrogens is 436 g/mol. The molecule has 2 heterocycles. The number of nitrogens with zero attached hydrogens (tertiary/aromatic N) is 3. The van der Waals surface area contributed by atoms with Gasteiger partial charge in [0.05, 0.1) is 29.2 Å². The zero-order valence-corrected chi connectivity index (χ0v) is 21.0. The second-order valence-electron chi connectivity index (χ2n) is 9.88. The van der Waals surface area contributed by atoms with E-state index in [0.717, 1.165) is 42.0 Å². The SMILES string of the molecule is CC(NC(=O)c1cccnc1)c1nc2ccccc2n1CCCCOc1ccc(C(C)(C)C)cc1. The van der Waals surface area contributed by atoms with E-state index in [1.165, 1.54) is 5.56 Å². The molecule has 0 radical (unpaired) electrons. The lowest BCUT2D eigenvalue weighted by molar-refractivity contribution is 0.0937. The fourth-order valence-corrected chi connectivity index (χ4v) is 4.11. The molecule has 182 valence electrons. The van der Waals surface area contributed by atoms with Crippen LogP contribution in [-0.2, 0) is 12.0 Å². The fourth-order valence-electron chi connectivity index (χ4n) is 4.11. The number of hydrogen-bond acceptors (Lipinski definition) is 4. The van der Waals surface area contributed by atoms with Gasteiger partial charge in [-0.1, -0.05) is 45.0 Å². The van der Waals surface area contributed by atoms with Crippen LogP contribution in [0.5, 0.6) is 5.75 Å². The number of aromatic nitrogens is 3. The highest BCUT2D eigenvalue weighted by atomic mass is 16.5. The highest BCUT2D eigenvalue weighted by Gasteiger charge is 2.19. The van der Waals surface area contributed by atoms with E-state index in [2.05, 4.69) is 66.0 Å². The first-order valence-electron chi connectivity index (χ1n) is 12.2. The van der Waals surface area contributed by atoms with Gasteiger partial charge in [0.25, 0.3) is 5.91 Å². The van der Waals surface area contributed by atoms with Crippen molar-refractivity contribution in [3.63, 3.8) is 0 Å². The van der Waals surface area contributed by atoms with Crippen molar-refractivity contribution in [1.82, 2.24) is 19.9 Å². The molecule has 4 aromatic rings. The third-order valence-electron chi connectivity index (χ3n) is 6.11. The quantitative estimate of drug-likeness (QED) is 0.301. The monoisotopic (exact) mass is 470 g/mol. The second-order valence-corrected chi connectivity index (χ2v) is 9.88. The highest BCUT2D eigenvalue weighted by molar-refractivity contribution is 5.94. The predicted molar refractivity (Wildman–Crippen MR) is 140 cm³/mol. The topological polar surface area (TPSA) is 69.0 Å². The summed E-state index contributed by atoms with van der Waals surface area (Å²) in [5.41, 5.74) is 3.98. The van der Waals surface area contributed by atoms with E-state index in [1.54, 1.807) is 24.5 Å². The minimum atomic E-state index is -0.243. The minimum Gasteiger partial charge on any atom is -0.494 e. The molecule has 6 heteroatoms. The standard InChI is InChI=1S/C29H34N4O2/c1-21(31-28(34)22-10-9-17-30-20-22)27-32-25-11-5-6-12-26(25)33(27)18-7-8-19-35-24-15-13-23(14-16-24)29(2,3)4/h5-6,9-17,20-21H,7-8,18-19H2,1-4H3,(H,31,34). The Morgan fingerprint density at radius 2 is 1.80 bits per heavy atom. The van der Waals surface area contributed by atoms with E-state index < -0.39 is 0 Å². The number of imidazole rings is 1. The number of para-hydroxylation sites is 2. The van der Waals surface area contributed by atoms with Crippen LogP contribution in [0.4, 0.5) is 0 Å². The Morgan fingerprint density at radius 3 is 2.51 bits per heavy atom. The molecule has 1 N–H and O–H groups in total. The average Bonchev–Trinajstić information content (AvgIpc) is 3.23. The molecule has 1 unspecified atom stereocenters. The Bertz CT molecular complexity index is 1260. The van der Waals surface area contributed by atoms with Crippen molar-refractivity contribution in [2.75, 3.05) is 6.61 Å². The Balaban J connectivity index is 1.38. The molecule has 4 rings (SSSR count). The van der Waals surface area contributed by atoms with Gasteiger partial charge < -0.3 is 14.6 Å². The van der Waals surface area contributed by atoms with Gasteiger partial charge in [0.2, 0.25) is 0 Å². The van der Waals surface area contributed by atoms with Gasteiger partial charge in [-0.3, -0.25) is 9.78 Å². The maximum atomic E-state index is 12.7. The lowest BCUT2D eigenvalue weighted by atomic mass is 9.87. The van der Waals surface area contributed by atoms with E-state index in [4.69, 9.17) is 9.72 Å². The molecule has 2 aromatic carbocycles. The number of unbranched alkanes of at least 4 members (excludes halogenated alkanes) is 1. The summed E-state index contributed by atoms with van der Waals surface area (Å²) < 4.78 is 8.18. The molecule has 35 heavy (non-hydrogen) atoms. The van der Waals surface area contributed by atoms with Gasteiger partial charge in [-0.15, -0.1) is 0 Å². The number of pyridine rings is 1. The Kier molecular flexibility index (Phi) is 7.49. The molecule has 0 aliphatic rings. The summed E-state index contributed by atoms with van der Waals surface area (Å²) in [5.74, 6) is 1.59. The van der Waals surface area contributed by atoms with Crippen LogP contribution >= 0.6 is 0 Å². The van der Waals surface area contributed by atoms with Crippen LogP contribution in [-0.4, -0.2) is 27.0 Å². The lowest BCUT2D eigenvalue weighted by Crippen LogP contribution is -2.28. The van der Waals surface area contributed by atoms with Crippen LogP contribution in [0, 0.1) is 0 Å². The first-order chi connectivity index (χ1) is 16.8. The van der Waals surface area contributed by atoms with Gasteiger partial charge in [-0.05, 0) is 67.1 Å². The molecule has 0 aliphatic heterocycles. The van der Waals surface area contributed by atoms with Crippen molar-refractivity contribution in [3.8, 4) is 5.75 Å². The average molecular weight is 471 g/mol.